The van der Waals surface area contributed by atoms with Gasteiger partial charge in [0.1, 0.15) is 0 Å². The van der Waals surface area contributed by atoms with Crippen LogP contribution in [0.15, 0.2) is 24.3 Å². The van der Waals surface area contributed by atoms with Gasteiger partial charge in [0, 0.05) is 18.7 Å². The Morgan fingerprint density at radius 3 is 2.81 bits per heavy atom. The predicted octanol–water partition coefficient (Wildman–Crippen LogP) is 1.84. The molecule has 0 spiro atoms. The molecule has 0 aliphatic carbocycles. The lowest BCUT2D eigenvalue weighted by Gasteiger charge is -2.12. The molecule has 2 atom stereocenters. The van der Waals surface area contributed by atoms with Gasteiger partial charge in [-0.3, -0.25) is 4.79 Å². The van der Waals surface area contributed by atoms with Crippen molar-refractivity contribution in [3.63, 3.8) is 0 Å². The molecule has 0 aromatic heterocycles. The molecule has 1 aliphatic heterocycles. The van der Waals surface area contributed by atoms with E-state index in [1.807, 2.05) is 0 Å². The molecule has 21 heavy (non-hydrogen) atoms. The van der Waals surface area contributed by atoms with E-state index in [1.54, 1.807) is 18.2 Å². The van der Waals surface area contributed by atoms with Gasteiger partial charge in [0.05, 0.1) is 12.1 Å². The first-order valence-electron chi connectivity index (χ1n) is 6.71. The molecule has 7 heteroatoms. The molecule has 116 valence electrons. The van der Waals surface area contributed by atoms with E-state index in [4.69, 9.17) is 0 Å². The quantitative estimate of drug-likeness (QED) is 0.795. The lowest BCUT2D eigenvalue weighted by Crippen LogP contribution is -2.35. The van der Waals surface area contributed by atoms with Crippen LogP contribution in [0.2, 0.25) is 0 Å². The van der Waals surface area contributed by atoms with Crippen LogP contribution in [0.5, 0.6) is 0 Å². The number of hydrogen-bond acceptors (Lipinski definition) is 3. The highest BCUT2D eigenvalue weighted by atomic mass is 19.4. The van der Waals surface area contributed by atoms with E-state index in [0.717, 1.165) is 0 Å². The SMILES string of the molecule is O=C(Nc1cccc(CCC(F)(F)F)c1)C1CC(O)CN1. The van der Waals surface area contributed by atoms with Crippen LogP contribution in [0.25, 0.3) is 0 Å². The molecule has 2 rings (SSSR count). The summed E-state index contributed by atoms with van der Waals surface area (Å²) < 4.78 is 36.6. The van der Waals surface area contributed by atoms with Gasteiger partial charge in [-0.25, -0.2) is 0 Å². The van der Waals surface area contributed by atoms with E-state index in [0.29, 0.717) is 24.2 Å². The van der Waals surface area contributed by atoms with Crippen LogP contribution < -0.4 is 10.6 Å². The zero-order valence-corrected chi connectivity index (χ0v) is 11.3. The third-order valence-corrected chi connectivity index (χ3v) is 3.32. The number of benzene rings is 1. The number of β-amino-alcohol motifs (C(OH)–C–C–N with tert-alkyl or cyclic N) is 1. The first-order valence-corrected chi connectivity index (χ1v) is 6.71. The van der Waals surface area contributed by atoms with E-state index >= 15 is 0 Å². The van der Waals surface area contributed by atoms with Crippen LogP contribution >= 0.6 is 0 Å². The molecule has 2 unspecified atom stereocenters. The van der Waals surface area contributed by atoms with Gasteiger partial charge in [-0.2, -0.15) is 13.2 Å². The molecule has 4 nitrogen and oxygen atoms in total. The van der Waals surface area contributed by atoms with Gasteiger partial charge in [-0.15, -0.1) is 0 Å². The van der Waals surface area contributed by atoms with Crippen molar-refractivity contribution in [2.24, 2.45) is 0 Å². The highest BCUT2D eigenvalue weighted by molar-refractivity contribution is 5.95. The van der Waals surface area contributed by atoms with E-state index in [2.05, 4.69) is 10.6 Å². The molecular weight excluding hydrogens is 285 g/mol. The number of amides is 1. The molecule has 3 N–H and O–H groups in total. The number of nitrogens with one attached hydrogen (secondary N) is 2. The molecule has 0 saturated carbocycles. The lowest BCUT2D eigenvalue weighted by atomic mass is 10.1. The highest BCUT2D eigenvalue weighted by Crippen LogP contribution is 2.23. The summed E-state index contributed by atoms with van der Waals surface area (Å²) in [5.41, 5.74) is 0.979. The normalized spacial score (nSPS) is 22.3. The second-order valence-electron chi connectivity index (χ2n) is 5.16. The lowest BCUT2D eigenvalue weighted by molar-refractivity contribution is -0.134. The fourth-order valence-electron chi connectivity index (χ4n) is 2.24. The first-order chi connectivity index (χ1) is 9.83. The van der Waals surface area contributed by atoms with Crippen molar-refractivity contribution in [1.29, 1.82) is 0 Å². The molecule has 1 aliphatic rings. The van der Waals surface area contributed by atoms with Crippen LogP contribution in [-0.2, 0) is 11.2 Å². The summed E-state index contributed by atoms with van der Waals surface area (Å²) >= 11 is 0. The number of aryl methyl sites for hydroxylation is 1. The van der Waals surface area contributed by atoms with Crippen molar-refractivity contribution >= 4 is 11.6 Å². The van der Waals surface area contributed by atoms with Crippen molar-refractivity contribution in [1.82, 2.24) is 5.32 Å². The third-order valence-electron chi connectivity index (χ3n) is 3.32. The number of carbonyl (C=O) groups excluding carboxylic acids is 1. The summed E-state index contributed by atoms with van der Waals surface area (Å²) in [5.74, 6) is -0.292. The van der Waals surface area contributed by atoms with E-state index < -0.39 is 24.7 Å². The van der Waals surface area contributed by atoms with Crippen molar-refractivity contribution in [2.75, 3.05) is 11.9 Å². The standard InChI is InChI=1S/C14H17F3N2O2/c15-14(16,17)5-4-9-2-1-3-10(6-9)19-13(21)12-7-11(20)8-18-12/h1-3,6,11-12,18,20H,4-5,7-8H2,(H,19,21). The Morgan fingerprint density at radius 2 is 2.19 bits per heavy atom. The molecule has 1 aromatic carbocycles. The number of alkyl halides is 3. The second kappa shape index (κ2) is 6.44. The smallest absolute Gasteiger partial charge is 0.389 e. The fraction of sp³-hybridized carbons (Fsp3) is 0.500. The molecule has 0 bridgehead atoms. The number of anilines is 1. The minimum Gasteiger partial charge on any atom is -0.392 e. The van der Waals surface area contributed by atoms with Crippen molar-refractivity contribution in [2.45, 2.75) is 37.6 Å². The summed E-state index contributed by atoms with van der Waals surface area (Å²) in [5, 5.41) is 14.9. The molecule has 1 aromatic rings. The summed E-state index contributed by atoms with van der Waals surface area (Å²) in [7, 11) is 0. The fourth-order valence-corrected chi connectivity index (χ4v) is 2.24. The van der Waals surface area contributed by atoms with Gasteiger partial charge < -0.3 is 15.7 Å². The maximum atomic E-state index is 12.2. The molecular formula is C14H17F3N2O2. The Kier molecular flexibility index (Phi) is 4.84. The number of carbonyl (C=O) groups is 1. The number of rotatable bonds is 4. The van der Waals surface area contributed by atoms with Gasteiger partial charge in [-0.1, -0.05) is 12.1 Å². The van der Waals surface area contributed by atoms with Gasteiger partial charge in [-0.05, 0) is 30.5 Å². The second-order valence-corrected chi connectivity index (χ2v) is 5.16. The largest absolute Gasteiger partial charge is 0.392 e. The summed E-state index contributed by atoms with van der Waals surface area (Å²) in [4.78, 5) is 11.9. The Balaban J connectivity index is 1.93. The van der Waals surface area contributed by atoms with Crippen LogP contribution in [0.4, 0.5) is 18.9 Å². The number of halogens is 3. The van der Waals surface area contributed by atoms with Gasteiger partial charge in [0.25, 0.3) is 0 Å². The Labute approximate surface area is 120 Å². The van der Waals surface area contributed by atoms with Gasteiger partial charge >= 0.3 is 6.18 Å². The number of aliphatic hydroxyl groups is 1. The summed E-state index contributed by atoms with van der Waals surface area (Å²) in [6.45, 7) is 0.365. The van der Waals surface area contributed by atoms with Crippen LogP contribution in [0, 0.1) is 0 Å². The zero-order chi connectivity index (χ0) is 15.5. The Bertz CT molecular complexity index is 505. The Morgan fingerprint density at radius 1 is 1.43 bits per heavy atom. The first kappa shape index (κ1) is 15.8. The summed E-state index contributed by atoms with van der Waals surface area (Å²) in [6, 6.07) is 5.89. The molecule has 1 amide bonds. The Hall–Kier alpha value is -1.60. The van der Waals surface area contributed by atoms with E-state index in [9.17, 15) is 23.1 Å². The van der Waals surface area contributed by atoms with Crippen molar-refractivity contribution < 1.29 is 23.1 Å². The van der Waals surface area contributed by atoms with Gasteiger partial charge in [0.2, 0.25) is 5.91 Å². The molecule has 1 heterocycles. The summed E-state index contributed by atoms with van der Waals surface area (Å²) in [6.07, 6.45) is -5.41. The van der Waals surface area contributed by atoms with Crippen LogP contribution in [-0.4, -0.2) is 35.9 Å². The molecule has 0 radical (unpaired) electrons. The average molecular weight is 302 g/mol. The number of hydrogen-bond donors (Lipinski definition) is 3. The van der Waals surface area contributed by atoms with Crippen LogP contribution in [0.3, 0.4) is 0 Å². The van der Waals surface area contributed by atoms with E-state index in [1.165, 1.54) is 6.07 Å². The highest BCUT2D eigenvalue weighted by Gasteiger charge is 2.28. The van der Waals surface area contributed by atoms with Crippen molar-refractivity contribution in [3.05, 3.63) is 29.8 Å². The van der Waals surface area contributed by atoms with Gasteiger partial charge in [0.15, 0.2) is 0 Å². The van der Waals surface area contributed by atoms with Crippen LogP contribution in [0.1, 0.15) is 18.4 Å². The van der Waals surface area contributed by atoms with Crippen molar-refractivity contribution in [3.8, 4) is 0 Å². The molecule has 1 saturated heterocycles. The molecule has 1 fully saturated rings. The minimum atomic E-state index is -4.19. The topological polar surface area (TPSA) is 61.4 Å². The maximum absolute atomic E-state index is 12.2. The third kappa shape index (κ3) is 5.02. The van der Waals surface area contributed by atoms with E-state index in [-0.39, 0.29) is 12.3 Å². The zero-order valence-electron chi connectivity index (χ0n) is 11.3. The number of aliphatic hydroxyl groups excluding tert-OH is 1. The predicted molar refractivity (Wildman–Crippen MR) is 71.9 cm³/mol. The monoisotopic (exact) mass is 302 g/mol. The minimum absolute atomic E-state index is 0.117. The average Bonchev–Trinajstić information content (AvgIpc) is 2.83. The maximum Gasteiger partial charge on any atom is 0.389 e.